The van der Waals surface area contributed by atoms with Gasteiger partial charge in [-0.25, -0.2) is 4.98 Å². The summed E-state index contributed by atoms with van der Waals surface area (Å²) in [6.45, 7) is 5.50. The van der Waals surface area contributed by atoms with E-state index >= 15 is 0 Å². The maximum atomic E-state index is 5.31. The molecule has 0 bridgehead atoms. The first-order valence-electron chi connectivity index (χ1n) is 7.47. The van der Waals surface area contributed by atoms with E-state index in [4.69, 9.17) is 4.74 Å². The summed E-state index contributed by atoms with van der Waals surface area (Å²) in [5.74, 6) is 1.98. The van der Waals surface area contributed by atoms with Crippen LogP contribution < -0.4 is 15.0 Å². The topological polar surface area (TPSA) is 37.4 Å². The second-order valence-electron chi connectivity index (χ2n) is 6.23. The number of methoxy groups -OCH3 is 1. The van der Waals surface area contributed by atoms with Crippen molar-refractivity contribution in [3.05, 3.63) is 30.5 Å². The van der Waals surface area contributed by atoms with Crippen LogP contribution >= 0.6 is 0 Å². The molecule has 1 aromatic heterocycles. The summed E-state index contributed by atoms with van der Waals surface area (Å²) < 4.78 is 5.31. The number of hydrogen-bond donors (Lipinski definition) is 1. The van der Waals surface area contributed by atoms with Crippen molar-refractivity contribution in [2.24, 2.45) is 5.41 Å². The molecule has 0 aliphatic carbocycles. The van der Waals surface area contributed by atoms with Crippen LogP contribution in [0.25, 0.3) is 10.8 Å². The van der Waals surface area contributed by atoms with Crippen molar-refractivity contribution in [2.75, 3.05) is 38.7 Å². The Morgan fingerprint density at radius 3 is 3.00 bits per heavy atom. The molecule has 4 heteroatoms. The van der Waals surface area contributed by atoms with Gasteiger partial charge in [-0.1, -0.05) is 6.92 Å². The molecule has 0 amide bonds. The van der Waals surface area contributed by atoms with Gasteiger partial charge in [-0.15, -0.1) is 0 Å². The highest BCUT2D eigenvalue weighted by Gasteiger charge is 2.34. The fourth-order valence-corrected chi connectivity index (χ4v) is 3.29. The van der Waals surface area contributed by atoms with Crippen molar-refractivity contribution in [3.63, 3.8) is 0 Å². The molecule has 1 N–H and O–H groups in total. The van der Waals surface area contributed by atoms with Gasteiger partial charge in [-0.05, 0) is 48.5 Å². The summed E-state index contributed by atoms with van der Waals surface area (Å²) in [5, 5.41) is 5.69. The average Bonchev–Trinajstić information content (AvgIpc) is 2.88. The second-order valence-corrected chi connectivity index (χ2v) is 6.23. The molecule has 1 fully saturated rings. The third kappa shape index (κ3) is 2.68. The van der Waals surface area contributed by atoms with Gasteiger partial charge in [0.1, 0.15) is 11.6 Å². The maximum absolute atomic E-state index is 5.31. The lowest BCUT2D eigenvalue weighted by Gasteiger charge is -2.25. The SMILES string of the molecule is CNCC1(C)CCN(c2nccc3cc(OC)ccc23)C1. The summed E-state index contributed by atoms with van der Waals surface area (Å²) >= 11 is 0. The Morgan fingerprint density at radius 1 is 1.38 bits per heavy atom. The maximum Gasteiger partial charge on any atom is 0.136 e. The smallest absolute Gasteiger partial charge is 0.136 e. The lowest BCUT2D eigenvalue weighted by Crippen LogP contribution is -2.33. The molecule has 21 heavy (non-hydrogen) atoms. The summed E-state index contributed by atoms with van der Waals surface area (Å²) in [5.41, 5.74) is 0.324. The fourth-order valence-electron chi connectivity index (χ4n) is 3.29. The van der Waals surface area contributed by atoms with Crippen LogP contribution in [0.3, 0.4) is 0 Å². The molecular formula is C17H23N3O. The first-order chi connectivity index (χ1) is 10.1. The minimum atomic E-state index is 0.324. The largest absolute Gasteiger partial charge is 0.497 e. The number of pyridine rings is 1. The number of nitrogens with one attached hydrogen (secondary N) is 1. The Balaban J connectivity index is 1.94. The van der Waals surface area contributed by atoms with Crippen LogP contribution in [0.5, 0.6) is 5.75 Å². The van der Waals surface area contributed by atoms with Crippen molar-refractivity contribution in [1.29, 1.82) is 0 Å². The molecular weight excluding hydrogens is 262 g/mol. The minimum Gasteiger partial charge on any atom is -0.497 e. The van der Waals surface area contributed by atoms with Crippen molar-refractivity contribution < 1.29 is 4.74 Å². The second kappa shape index (κ2) is 5.53. The van der Waals surface area contributed by atoms with E-state index in [9.17, 15) is 0 Å². The zero-order valence-electron chi connectivity index (χ0n) is 13.0. The standard InChI is InChI=1S/C17H23N3O/c1-17(11-18-2)7-9-20(12-17)16-15-5-4-14(21-3)10-13(15)6-8-19-16/h4-6,8,10,18H,7,9,11-12H2,1-3H3. The molecule has 4 nitrogen and oxygen atoms in total. The number of fused-ring (bicyclic) bond motifs is 1. The molecule has 2 heterocycles. The Morgan fingerprint density at radius 2 is 2.24 bits per heavy atom. The van der Waals surface area contributed by atoms with Crippen LogP contribution in [0, 0.1) is 5.41 Å². The van der Waals surface area contributed by atoms with E-state index in [2.05, 4.69) is 34.3 Å². The van der Waals surface area contributed by atoms with E-state index in [-0.39, 0.29) is 0 Å². The third-order valence-electron chi connectivity index (χ3n) is 4.41. The van der Waals surface area contributed by atoms with Crippen LogP contribution in [-0.4, -0.2) is 38.8 Å². The van der Waals surface area contributed by atoms with Crippen molar-refractivity contribution in [1.82, 2.24) is 10.3 Å². The van der Waals surface area contributed by atoms with Gasteiger partial charge in [-0.2, -0.15) is 0 Å². The molecule has 3 rings (SSSR count). The highest BCUT2D eigenvalue weighted by molar-refractivity contribution is 5.93. The first-order valence-corrected chi connectivity index (χ1v) is 7.47. The van der Waals surface area contributed by atoms with Gasteiger partial charge in [0.05, 0.1) is 7.11 Å². The number of hydrogen-bond acceptors (Lipinski definition) is 4. The average molecular weight is 285 g/mol. The van der Waals surface area contributed by atoms with Crippen molar-refractivity contribution >= 4 is 16.6 Å². The van der Waals surface area contributed by atoms with Crippen LogP contribution in [0.2, 0.25) is 0 Å². The summed E-state index contributed by atoms with van der Waals surface area (Å²) in [4.78, 5) is 7.04. The predicted molar refractivity (Wildman–Crippen MR) is 87.2 cm³/mol. The number of aromatic nitrogens is 1. The quantitative estimate of drug-likeness (QED) is 0.937. The van der Waals surface area contributed by atoms with E-state index in [1.54, 1.807) is 7.11 Å². The van der Waals surface area contributed by atoms with Crippen molar-refractivity contribution in [3.8, 4) is 5.75 Å². The molecule has 1 aliphatic rings. The van der Waals surface area contributed by atoms with E-state index < -0.39 is 0 Å². The van der Waals surface area contributed by atoms with E-state index in [1.807, 2.05) is 25.4 Å². The lowest BCUT2D eigenvalue weighted by atomic mass is 9.90. The molecule has 1 aromatic carbocycles. The Hall–Kier alpha value is -1.81. The number of rotatable bonds is 4. The number of nitrogens with zero attached hydrogens (tertiary/aromatic N) is 2. The molecule has 0 spiro atoms. The van der Waals surface area contributed by atoms with Gasteiger partial charge >= 0.3 is 0 Å². The Kier molecular flexibility index (Phi) is 3.72. The summed E-state index contributed by atoms with van der Waals surface area (Å²) in [7, 11) is 3.73. The zero-order chi connectivity index (χ0) is 14.9. The van der Waals surface area contributed by atoms with Crippen LogP contribution in [0.4, 0.5) is 5.82 Å². The monoisotopic (exact) mass is 285 g/mol. The van der Waals surface area contributed by atoms with Gasteiger partial charge in [-0.3, -0.25) is 0 Å². The minimum absolute atomic E-state index is 0.324. The van der Waals surface area contributed by atoms with Gasteiger partial charge in [0.15, 0.2) is 0 Å². The number of ether oxygens (including phenoxy) is 1. The van der Waals surface area contributed by atoms with Crippen LogP contribution in [0.1, 0.15) is 13.3 Å². The molecule has 112 valence electrons. The molecule has 1 aliphatic heterocycles. The third-order valence-corrected chi connectivity index (χ3v) is 4.41. The van der Waals surface area contributed by atoms with Crippen LogP contribution in [0.15, 0.2) is 30.5 Å². The van der Waals surface area contributed by atoms with E-state index in [0.717, 1.165) is 31.2 Å². The van der Waals surface area contributed by atoms with Gasteiger partial charge in [0.2, 0.25) is 0 Å². The molecule has 2 aromatic rings. The fraction of sp³-hybridized carbons (Fsp3) is 0.471. The van der Waals surface area contributed by atoms with E-state index in [1.165, 1.54) is 17.2 Å². The summed E-state index contributed by atoms with van der Waals surface area (Å²) in [6.07, 6.45) is 3.09. The molecule has 1 unspecified atom stereocenters. The van der Waals surface area contributed by atoms with Crippen LogP contribution in [-0.2, 0) is 0 Å². The van der Waals surface area contributed by atoms with E-state index in [0.29, 0.717) is 5.41 Å². The molecule has 1 saturated heterocycles. The number of benzene rings is 1. The zero-order valence-corrected chi connectivity index (χ0v) is 13.0. The number of anilines is 1. The first kappa shape index (κ1) is 14.1. The highest BCUT2D eigenvalue weighted by Crippen LogP contribution is 2.35. The molecule has 0 saturated carbocycles. The molecule has 0 radical (unpaired) electrons. The predicted octanol–water partition coefficient (Wildman–Crippen LogP) is 2.68. The summed E-state index contributed by atoms with van der Waals surface area (Å²) in [6, 6.07) is 8.24. The van der Waals surface area contributed by atoms with Gasteiger partial charge in [0.25, 0.3) is 0 Å². The lowest BCUT2D eigenvalue weighted by molar-refractivity contribution is 0.356. The normalized spacial score (nSPS) is 22.0. The van der Waals surface area contributed by atoms with Crippen molar-refractivity contribution in [2.45, 2.75) is 13.3 Å². The highest BCUT2D eigenvalue weighted by atomic mass is 16.5. The molecule has 1 atom stereocenters. The Bertz CT molecular complexity index is 643. The van der Waals surface area contributed by atoms with Gasteiger partial charge in [0, 0.05) is 31.2 Å². The van der Waals surface area contributed by atoms with Gasteiger partial charge < -0.3 is 15.0 Å². The Labute approximate surface area is 126 Å².